The number of hydrogen-bond acceptors (Lipinski definition) is 3. The Balaban J connectivity index is 1.92. The van der Waals surface area contributed by atoms with Gasteiger partial charge in [0.25, 0.3) is 0 Å². The number of urea groups is 1. The zero-order valence-corrected chi connectivity index (χ0v) is 10.8. The van der Waals surface area contributed by atoms with E-state index in [0.29, 0.717) is 18.6 Å². The number of carboxylic acids is 1. The lowest BCUT2D eigenvalue weighted by atomic mass is 10.0. The second kappa shape index (κ2) is 7.20. The number of carbonyl (C=O) groups is 2. The Kier molecular flexibility index (Phi) is 5.91. The number of carboxylic acid groups (broad SMARTS) is 1. The van der Waals surface area contributed by atoms with Gasteiger partial charge in [-0.2, -0.15) is 0 Å². The minimum Gasteiger partial charge on any atom is -0.481 e. The Bertz CT molecular complexity index is 290. The highest BCUT2D eigenvalue weighted by molar-refractivity contribution is 5.73. The van der Waals surface area contributed by atoms with Crippen LogP contribution in [0, 0.1) is 5.41 Å². The van der Waals surface area contributed by atoms with Gasteiger partial charge in [0.1, 0.15) is 0 Å². The van der Waals surface area contributed by atoms with Gasteiger partial charge < -0.3 is 20.5 Å². The van der Waals surface area contributed by atoms with Crippen molar-refractivity contribution in [2.24, 2.45) is 5.41 Å². The maximum absolute atomic E-state index is 11.4. The van der Waals surface area contributed by atoms with Gasteiger partial charge in [0.2, 0.25) is 0 Å². The van der Waals surface area contributed by atoms with E-state index in [1.165, 1.54) is 12.8 Å². The van der Waals surface area contributed by atoms with Crippen LogP contribution < -0.4 is 10.6 Å². The molecule has 2 amide bonds. The van der Waals surface area contributed by atoms with Crippen LogP contribution in [0.2, 0.25) is 0 Å². The van der Waals surface area contributed by atoms with Crippen LogP contribution in [0.3, 0.4) is 0 Å². The summed E-state index contributed by atoms with van der Waals surface area (Å²) in [6.07, 6.45) is 3.49. The van der Waals surface area contributed by atoms with E-state index < -0.39 is 5.97 Å². The van der Waals surface area contributed by atoms with Crippen LogP contribution in [-0.2, 0) is 9.53 Å². The van der Waals surface area contributed by atoms with Crippen LogP contribution in [0.5, 0.6) is 0 Å². The summed E-state index contributed by atoms with van der Waals surface area (Å²) in [6, 6.07) is -0.184. The molecule has 1 aliphatic rings. The maximum Gasteiger partial charge on any atom is 0.314 e. The molecule has 0 spiro atoms. The largest absolute Gasteiger partial charge is 0.481 e. The van der Waals surface area contributed by atoms with Gasteiger partial charge in [-0.25, -0.2) is 4.79 Å². The highest BCUT2D eigenvalue weighted by atomic mass is 16.5. The first-order valence-corrected chi connectivity index (χ1v) is 6.39. The zero-order chi connectivity index (χ0) is 13.4. The molecule has 0 aliphatic heterocycles. The molecular formula is C12H22N2O4. The van der Waals surface area contributed by atoms with Gasteiger partial charge >= 0.3 is 12.0 Å². The fourth-order valence-corrected chi connectivity index (χ4v) is 1.66. The maximum atomic E-state index is 11.4. The zero-order valence-electron chi connectivity index (χ0n) is 10.8. The molecule has 0 radical (unpaired) electrons. The van der Waals surface area contributed by atoms with Crippen LogP contribution in [0.1, 0.15) is 32.6 Å². The molecule has 0 aromatic carbocycles. The Labute approximate surface area is 107 Å². The molecule has 1 aliphatic carbocycles. The van der Waals surface area contributed by atoms with Crippen LogP contribution in [0.15, 0.2) is 0 Å². The van der Waals surface area contributed by atoms with E-state index in [0.717, 1.165) is 13.0 Å². The van der Waals surface area contributed by atoms with Crippen LogP contribution >= 0.6 is 0 Å². The second-order valence-corrected chi connectivity index (χ2v) is 4.72. The van der Waals surface area contributed by atoms with Crippen molar-refractivity contribution in [3.05, 3.63) is 0 Å². The third-order valence-electron chi connectivity index (χ3n) is 3.32. The third kappa shape index (κ3) is 5.86. The summed E-state index contributed by atoms with van der Waals surface area (Å²) in [5, 5.41) is 13.9. The topological polar surface area (TPSA) is 87.7 Å². The Hall–Kier alpha value is -1.30. The smallest absolute Gasteiger partial charge is 0.314 e. The van der Waals surface area contributed by atoms with Crippen molar-refractivity contribution >= 4 is 12.0 Å². The van der Waals surface area contributed by atoms with Crippen molar-refractivity contribution < 1.29 is 19.4 Å². The standard InChI is InChI=1S/C12H22N2O4/c1-2-12(4-5-12)9-14-11(17)13-6-8-18-7-3-10(15)16/h2-9H2,1H3,(H,15,16)(H2,13,14,17). The average molecular weight is 258 g/mol. The van der Waals surface area contributed by atoms with Crippen LogP contribution in [-0.4, -0.2) is 43.4 Å². The van der Waals surface area contributed by atoms with Crippen LogP contribution in [0.4, 0.5) is 4.79 Å². The first-order chi connectivity index (χ1) is 8.58. The fourth-order valence-electron chi connectivity index (χ4n) is 1.66. The van der Waals surface area contributed by atoms with E-state index in [-0.39, 0.29) is 19.1 Å². The molecule has 6 nitrogen and oxygen atoms in total. The number of aliphatic carboxylic acids is 1. The monoisotopic (exact) mass is 258 g/mol. The minimum atomic E-state index is -0.880. The van der Waals surface area contributed by atoms with Crippen molar-refractivity contribution in [3.63, 3.8) is 0 Å². The summed E-state index contributed by atoms with van der Waals surface area (Å²) in [6.45, 7) is 3.78. The van der Waals surface area contributed by atoms with E-state index in [1.807, 2.05) is 0 Å². The Morgan fingerprint density at radius 3 is 2.56 bits per heavy atom. The number of hydrogen-bond donors (Lipinski definition) is 3. The first-order valence-electron chi connectivity index (χ1n) is 6.39. The van der Waals surface area contributed by atoms with E-state index >= 15 is 0 Å². The summed E-state index contributed by atoms with van der Waals surface area (Å²) in [7, 11) is 0. The molecule has 0 bridgehead atoms. The molecule has 0 unspecified atom stereocenters. The summed E-state index contributed by atoms with van der Waals surface area (Å²) in [5.74, 6) is -0.880. The number of amides is 2. The van der Waals surface area contributed by atoms with E-state index in [4.69, 9.17) is 9.84 Å². The van der Waals surface area contributed by atoms with Gasteiger partial charge in [-0.3, -0.25) is 4.79 Å². The predicted octanol–water partition coefficient (Wildman–Crippen LogP) is 0.967. The van der Waals surface area contributed by atoms with Gasteiger partial charge in [-0.15, -0.1) is 0 Å². The fraction of sp³-hybridized carbons (Fsp3) is 0.833. The lowest BCUT2D eigenvalue weighted by Gasteiger charge is -2.14. The highest BCUT2D eigenvalue weighted by Gasteiger charge is 2.40. The quantitative estimate of drug-likeness (QED) is 0.538. The van der Waals surface area contributed by atoms with Crippen molar-refractivity contribution in [3.8, 4) is 0 Å². The second-order valence-electron chi connectivity index (χ2n) is 4.72. The predicted molar refractivity (Wildman–Crippen MR) is 66.4 cm³/mol. The Morgan fingerprint density at radius 1 is 1.28 bits per heavy atom. The Morgan fingerprint density at radius 2 is 2.00 bits per heavy atom. The number of nitrogens with one attached hydrogen (secondary N) is 2. The van der Waals surface area contributed by atoms with Crippen molar-refractivity contribution in [2.75, 3.05) is 26.3 Å². The van der Waals surface area contributed by atoms with Crippen molar-refractivity contribution in [1.82, 2.24) is 10.6 Å². The summed E-state index contributed by atoms with van der Waals surface area (Å²) >= 11 is 0. The molecule has 1 rings (SSSR count). The van der Waals surface area contributed by atoms with Crippen molar-refractivity contribution in [1.29, 1.82) is 0 Å². The molecular weight excluding hydrogens is 236 g/mol. The minimum absolute atomic E-state index is 0.00871. The lowest BCUT2D eigenvalue weighted by Crippen LogP contribution is -2.40. The van der Waals surface area contributed by atoms with E-state index in [9.17, 15) is 9.59 Å². The molecule has 18 heavy (non-hydrogen) atoms. The summed E-state index contributed by atoms with van der Waals surface area (Å²) < 4.78 is 5.05. The first kappa shape index (κ1) is 14.8. The molecule has 0 aromatic rings. The number of carbonyl (C=O) groups excluding carboxylic acids is 1. The highest BCUT2D eigenvalue weighted by Crippen LogP contribution is 2.47. The van der Waals surface area contributed by atoms with Gasteiger partial charge in [0.05, 0.1) is 19.6 Å². The molecule has 104 valence electrons. The van der Waals surface area contributed by atoms with E-state index in [1.54, 1.807) is 0 Å². The molecule has 1 fully saturated rings. The van der Waals surface area contributed by atoms with Crippen molar-refractivity contribution in [2.45, 2.75) is 32.6 Å². The average Bonchev–Trinajstić information content (AvgIpc) is 3.11. The van der Waals surface area contributed by atoms with Crippen LogP contribution in [0.25, 0.3) is 0 Å². The SMILES string of the molecule is CCC1(CNC(=O)NCCOCCC(=O)O)CC1. The number of rotatable bonds is 9. The molecule has 6 heteroatoms. The van der Waals surface area contributed by atoms with Gasteiger partial charge in [0, 0.05) is 13.1 Å². The van der Waals surface area contributed by atoms with E-state index in [2.05, 4.69) is 17.6 Å². The summed E-state index contributed by atoms with van der Waals surface area (Å²) in [5.41, 5.74) is 0.343. The molecule has 0 atom stereocenters. The molecule has 0 saturated heterocycles. The normalized spacial score (nSPS) is 16.1. The number of ether oxygens (including phenoxy) is 1. The molecule has 3 N–H and O–H groups in total. The van der Waals surface area contributed by atoms with Gasteiger partial charge in [0.15, 0.2) is 0 Å². The van der Waals surface area contributed by atoms with Gasteiger partial charge in [-0.05, 0) is 24.7 Å². The van der Waals surface area contributed by atoms with Gasteiger partial charge in [-0.1, -0.05) is 6.92 Å². The lowest BCUT2D eigenvalue weighted by molar-refractivity contribution is -0.138. The summed E-state index contributed by atoms with van der Waals surface area (Å²) in [4.78, 5) is 21.6. The molecule has 0 heterocycles. The molecule has 1 saturated carbocycles. The molecule has 0 aromatic heterocycles. The third-order valence-corrected chi connectivity index (χ3v) is 3.32.